The lowest BCUT2D eigenvalue weighted by atomic mass is 9.85. The number of carbonyl (C=O) groups excluding carboxylic acids is 1. The summed E-state index contributed by atoms with van der Waals surface area (Å²) in [5.74, 6) is -0.0873. The fourth-order valence-corrected chi connectivity index (χ4v) is 3.22. The number of hydrogen-bond donors (Lipinski definition) is 0. The van der Waals surface area contributed by atoms with Crippen molar-refractivity contribution in [2.24, 2.45) is 0 Å². The predicted octanol–water partition coefficient (Wildman–Crippen LogP) is 3.62. The molecule has 1 aliphatic heterocycles. The molecule has 17 heavy (non-hydrogen) atoms. The molecule has 1 heterocycles. The number of alkyl halides is 1. The van der Waals surface area contributed by atoms with E-state index < -0.39 is 5.60 Å². The quantitative estimate of drug-likeness (QED) is 0.615. The first-order valence-electron chi connectivity index (χ1n) is 5.93. The summed E-state index contributed by atoms with van der Waals surface area (Å²) in [5.41, 5.74) is 3.10. The van der Waals surface area contributed by atoms with E-state index in [0.29, 0.717) is 11.8 Å². The molecule has 1 atom stereocenters. The van der Waals surface area contributed by atoms with Crippen molar-refractivity contribution in [1.82, 2.24) is 0 Å². The second-order valence-electron chi connectivity index (χ2n) is 4.77. The molecule has 1 aromatic carbocycles. The van der Waals surface area contributed by atoms with Crippen LogP contribution in [0.25, 0.3) is 0 Å². The molecule has 0 radical (unpaired) electrons. The number of carbonyl (C=O) groups is 1. The van der Waals surface area contributed by atoms with Crippen molar-refractivity contribution in [3.8, 4) is 0 Å². The minimum atomic E-state index is -0.465. The van der Waals surface area contributed by atoms with Crippen LogP contribution in [0, 0.1) is 13.8 Å². The zero-order valence-electron chi connectivity index (χ0n) is 10.3. The molecule has 3 heteroatoms. The summed E-state index contributed by atoms with van der Waals surface area (Å²) in [6.45, 7) is 4.15. The van der Waals surface area contributed by atoms with Gasteiger partial charge in [-0.05, 0) is 37.8 Å². The Morgan fingerprint density at radius 1 is 1.41 bits per heavy atom. The third-order valence-electron chi connectivity index (χ3n) is 3.36. The van der Waals surface area contributed by atoms with Gasteiger partial charge in [0.05, 0.1) is 0 Å². The third-order valence-corrected chi connectivity index (χ3v) is 4.27. The van der Waals surface area contributed by atoms with Crippen LogP contribution in [-0.4, -0.2) is 11.3 Å². The average molecular weight is 297 g/mol. The van der Waals surface area contributed by atoms with E-state index in [9.17, 15) is 4.79 Å². The summed E-state index contributed by atoms with van der Waals surface area (Å²) in [7, 11) is 0. The van der Waals surface area contributed by atoms with Gasteiger partial charge in [-0.25, -0.2) is 0 Å². The molecule has 1 aliphatic rings. The minimum absolute atomic E-state index is 0.0873. The zero-order valence-corrected chi connectivity index (χ0v) is 11.8. The molecule has 92 valence electrons. The van der Waals surface area contributed by atoms with Crippen molar-refractivity contribution in [2.45, 2.75) is 38.7 Å². The number of benzene rings is 1. The molecule has 1 unspecified atom stereocenters. The molecular formula is C14H17BrO2. The maximum atomic E-state index is 11.5. The van der Waals surface area contributed by atoms with Gasteiger partial charge in [0.1, 0.15) is 5.60 Å². The van der Waals surface area contributed by atoms with E-state index >= 15 is 0 Å². The van der Waals surface area contributed by atoms with Gasteiger partial charge in [0, 0.05) is 11.8 Å². The van der Waals surface area contributed by atoms with Crippen LogP contribution in [0.1, 0.15) is 36.0 Å². The fraction of sp³-hybridized carbons (Fsp3) is 0.500. The molecule has 1 fully saturated rings. The van der Waals surface area contributed by atoms with E-state index in [0.717, 1.165) is 18.4 Å². The lowest BCUT2D eigenvalue weighted by molar-refractivity contribution is -0.165. The topological polar surface area (TPSA) is 26.3 Å². The van der Waals surface area contributed by atoms with E-state index in [-0.39, 0.29) is 5.97 Å². The fourth-order valence-electron chi connectivity index (χ4n) is 2.52. The van der Waals surface area contributed by atoms with Gasteiger partial charge in [-0.15, -0.1) is 0 Å². The first-order chi connectivity index (χ1) is 8.07. The molecule has 2 nitrogen and oxygen atoms in total. The highest BCUT2D eigenvalue weighted by Gasteiger charge is 2.39. The summed E-state index contributed by atoms with van der Waals surface area (Å²) >= 11 is 3.51. The van der Waals surface area contributed by atoms with Gasteiger partial charge in [-0.2, -0.15) is 0 Å². The van der Waals surface area contributed by atoms with Crippen LogP contribution in [0.4, 0.5) is 0 Å². The SMILES string of the molecule is Cc1ccc(C2(CBr)CCCC(=O)O2)c(C)c1. The van der Waals surface area contributed by atoms with E-state index in [1.165, 1.54) is 11.1 Å². The van der Waals surface area contributed by atoms with E-state index in [1.54, 1.807) is 0 Å². The number of rotatable bonds is 2. The second-order valence-corrected chi connectivity index (χ2v) is 5.33. The Labute approximate surface area is 110 Å². The summed E-state index contributed by atoms with van der Waals surface area (Å²) < 4.78 is 5.64. The maximum Gasteiger partial charge on any atom is 0.306 e. The van der Waals surface area contributed by atoms with Gasteiger partial charge in [0.2, 0.25) is 0 Å². The molecule has 0 aliphatic carbocycles. The Bertz CT molecular complexity index is 442. The van der Waals surface area contributed by atoms with Gasteiger partial charge in [-0.3, -0.25) is 4.79 Å². The molecule has 0 N–H and O–H groups in total. The van der Waals surface area contributed by atoms with Crippen LogP contribution >= 0.6 is 15.9 Å². The molecule has 0 saturated carbocycles. The number of aryl methyl sites for hydroxylation is 2. The number of esters is 1. The van der Waals surface area contributed by atoms with Crippen LogP contribution in [-0.2, 0) is 15.1 Å². The Kier molecular flexibility index (Phi) is 3.57. The molecule has 0 amide bonds. The van der Waals surface area contributed by atoms with Crippen LogP contribution in [0.2, 0.25) is 0 Å². The largest absolute Gasteiger partial charge is 0.453 e. The van der Waals surface area contributed by atoms with Crippen molar-refractivity contribution in [1.29, 1.82) is 0 Å². The number of ether oxygens (including phenoxy) is 1. The van der Waals surface area contributed by atoms with Crippen molar-refractivity contribution < 1.29 is 9.53 Å². The first-order valence-corrected chi connectivity index (χ1v) is 7.05. The van der Waals surface area contributed by atoms with Gasteiger partial charge in [0.25, 0.3) is 0 Å². The number of hydrogen-bond acceptors (Lipinski definition) is 2. The minimum Gasteiger partial charge on any atom is -0.453 e. The molecular weight excluding hydrogens is 280 g/mol. The zero-order chi connectivity index (χ0) is 12.5. The van der Waals surface area contributed by atoms with Crippen molar-refractivity contribution in [3.05, 3.63) is 34.9 Å². The molecule has 0 aromatic heterocycles. The first kappa shape index (κ1) is 12.6. The summed E-state index contributed by atoms with van der Waals surface area (Å²) in [6, 6.07) is 6.31. The van der Waals surface area contributed by atoms with E-state index in [1.807, 2.05) is 0 Å². The third kappa shape index (κ3) is 2.39. The average Bonchev–Trinajstić information content (AvgIpc) is 2.28. The van der Waals surface area contributed by atoms with Gasteiger partial charge in [-0.1, -0.05) is 39.7 Å². The van der Waals surface area contributed by atoms with Crippen LogP contribution in [0.15, 0.2) is 18.2 Å². The summed E-state index contributed by atoms with van der Waals surface area (Å²) in [6.07, 6.45) is 2.34. The molecule has 1 aromatic rings. The summed E-state index contributed by atoms with van der Waals surface area (Å²) in [4.78, 5) is 11.5. The molecule has 0 bridgehead atoms. The number of cyclic esters (lactones) is 1. The highest BCUT2D eigenvalue weighted by Crippen LogP contribution is 2.39. The Hall–Kier alpha value is -0.830. The molecule has 1 saturated heterocycles. The van der Waals surface area contributed by atoms with Gasteiger partial charge in [0.15, 0.2) is 0 Å². The van der Waals surface area contributed by atoms with Gasteiger partial charge >= 0.3 is 5.97 Å². The van der Waals surface area contributed by atoms with E-state index in [4.69, 9.17) is 4.74 Å². The second kappa shape index (κ2) is 4.81. The smallest absolute Gasteiger partial charge is 0.306 e. The lowest BCUT2D eigenvalue weighted by Gasteiger charge is -2.36. The van der Waals surface area contributed by atoms with Crippen molar-refractivity contribution in [2.75, 3.05) is 5.33 Å². The van der Waals surface area contributed by atoms with Gasteiger partial charge < -0.3 is 4.74 Å². The van der Waals surface area contributed by atoms with Crippen LogP contribution in [0.5, 0.6) is 0 Å². The van der Waals surface area contributed by atoms with Crippen molar-refractivity contribution >= 4 is 21.9 Å². The normalized spacial score (nSPS) is 24.5. The van der Waals surface area contributed by atoms with Crippen LogP contribution < -0.4 is 0 Å². The van der Waals surface area contributed by atoms with E-state index in [2.05, 4.69) is 48.0 Å². The Balaban J connectivity index is 2.43. The van der Waals surface area contributed by atoms with Crippen molar-refractivity contribution in [3.63, 3.8) is 0 Å². The Morgan fingerprint density at radius 3 is 2.76 bits per heavy atom. The maximum absolute atomic E-state index is 11.5. The molecule has 0 spiro atoms. The monoisotopic (exact) mass is 296 g/mol. The Morgan fingerprint density at radius 2 is 2.18 bits per heavy atom. The summed E-state index contributed by atoms with van der Waals surface area (Å²) in [5, 5.41) is 0.662. The number of halogens is 1. The van der Waals surface area contributed by atoms with Crippen LogP contribution in [0.3, 0.4) is 0 Å². The highest BCUT2D eigenvalue weighted by molar-refractivity contribution is 9.09. The lowest BCUT2D eigenvalue weighted by Crippen LogP contribution is -2.38. The molecule has 2 rings (SSSR count). The highest BCUT2D eigenvalue weighted by atomic mass is 79.9. The predicted molar refractivity (Wildman–Crippen MR) is 71.3 cm³/mol. The standard InChI is InChI=1S/C14H17BrO2/c1-10-5-6-12(11(2)8-10)14(9-15)7-3-4-13(16)17-14/h5-6,8H,3-4,7,9H2,1-2H3.